The van der Waals surface area contributed by atoms with E-state index in [0.717, 1.165) is 70.6 Å². The van der Waals surface area contributed by atoms with Crippen LogP contribution in [0, 0.1) is 0 Å². The van der Waals surface area contributed by atoms with Crippen molar-refractivity contribution in [3.8, 4) is 0 Å². The van der Waals surface area contributed by atoms with Crippen LogP contribution < -0.4 is 0 Å². The van der Waals surface area contributed by atoms with Crippen molar-refractivity contribution >= 4 is 17.9 Å². The average Bonchev–Trinajstić information content (AvgIpc) is 3.45. The fourth-order valence-corrected chi connectivity index (χ4v) is 10.2. The Morgan fingerprint density at radius 2 is 0.456 bits per heavy atom. The van der Waals surface area contributed by atoms with Gasteiger partial charge in [-0.25, -0.2) is 0 Å². The third kappa shape index (κ3) is 65.8. The number of ether oxygens (including phenoxy) is 3. The van der Waals surface area contributed by atoms with E-state index in [4.69, 9.17) is 14.2 Å². The lowest BCUT2D eigenvalue weighted by molar-refractivity contribution is -0.167. The Labute approximate surface area is 491 Å². The maximum absolute atomic E-state index is 13.0. The first-order valence-electron chi connectivity index (χ1n) is 34.8. The predicted octanol–water partition coefficient (Wildman–Crippen LogP) is 23.9. The molecule has 0 saturated heterocycles. The topological polar surface area (TPSA) is 78.9 Å². The van der Waals surface area contributed by atoms with Gasteiger partial charge in [-0.15, -0.1) is 0 Å². The summed E-state index contributed by atoms with van der Waals surface area (Å²) in [5, 5.41) is 0. The van der Waals surface area contributed by atoms with Crippen molar-refractivity contribution in [3.05, 3.63) is 60.8 Å². The minimum absolute atomic E-state index is 0.0760. The van der Waals surface area contributed by atoms with E-state index in [0.29, 0.717) is 19.3 Å². The SMILES string of the molecule is CCCCCCC/C=C\C/C=C\CCCCCCCCCCCCCC(=O)OCC(COC(=O)CCCCCCCCC/C=C\CCCCCCCC)OC(=O)CCCCCCCCCCC/C=C\C/C=C\CCCCCCC. The zero-order valence-corrected chi connectivity index (χ0v) is 52.9. The third-order valence-corrected chi connectivity index (χ3v) is 15.5. The maximum atomic E-state index is 13.0. The highest BCUT2D eigenvalue weighted by atomic mass is 16.6. The maximum Gasteiger partial charge on any atom is 0.306 e. The third-order valence-electron chi connectivity index (χ3n) is 15.5. The molecule has 0 radical (unpaired) electrons. The molecule has 1 unspecified atom stereocenters. The van der Waals surface area contributed by atoms with Gasteiger partial charge in [-0.1, -0.05) is 300 Å². The molecule has 6 nitrogen and oxygen atoms in total. The Balaban J connectivity index is 4.35. The Morgan fingerprint density at radius 3 is 0.709 bits per heavy atom. The number of rotatable bonds is 64. The van der Waals surface area contributed by atoms with E-state index in [1.165, 1.54) is 257 Å². The first kappa shape index (κ1) is 76.1. The van der Waals surface area contributed by atoms with Gasteiger partial charge < -0.3 is 14.2 Å². The first-order chi connectivity index (χ1) is 39.0. The van der Waals surface area contributed by atoms with Gasteiger partial charge in [-0.3, -0.25) is 14.4 Å². The lowest BCUT2D eigenvalue weighted by Crippen LogP contribution is -2.30. The minimum Gasteiger partial charge on any atom is -0.462 e. The highest BCUT2D eigenvalue weighted by Crippen LogP contribution is 2.17. The summed E-state index contributed by atoms with van der Waals surface area (Å²) in [7, 11) is 0. The van der Waals surface area contributed by atoms with Gasteiger partial charge in [0, 0.05) is 19.3 Å². The van der Waals surface area contributed by atoms with Crippen LogP contribution in [0.25, 0.3) is 0 Å². The molecule has 0 aromatic heterocycles. The van der Waals surface area contributed by atoms with Gasteiger partial charge in [-0.05, 0) is 109 Å². The molecule has 79 heavy (non-hydrogen) atoms. The van der Waals surface area contributed by atoms with Crippen molar-refractivity contribution in [2.75, 3.05) is 13.2 Å². The van der Waals surface area contributed by atoms with Crippen LogP contribution in [-0.2, 0) is 28.6 Å². The molecule has 0 bridgehead atoms. The lowest BCUT2D eigenvalue weighted by Gasteiger charge is -2.18. The van der Waals surface area contributed by atoms with Crippen LogP contribution in [0.2, 0.25) is 0 Å². The Kier molecular flexibility index (Phi) is 65.1. The van der Waals surface area contributed by atoms with Gasteiger partial charge in [0.15, 0.2) is 6.10 Å². The number of hydrogen-bond donors (Lipinski definition) is 0. The minimum atomic E-state index is -0.781. The largest absolute Gasteiger partial charge is 0.462 e. The Bertz CT molecular complexity index is 1410. The molecule has 0 saturated carbocycles. The Morgan fingerprint density at radius 1 is 0.253 bits per heavy atom. The molecule has 0 fully saturated rings. The molecule has 6 heteroatoms. The van der Waals surface area contributed by atoms with Gasteiger partial charge in [0.2, 0.25) is 0 Å². The molecule has 0 heterocycles. The van der Waals surface area contributed by atoms with Crippen molar-refractivity contribution in [2.24, 2.45) is 0 Å². The summed E-state index contributed by atoms with van der Waals surface area (Å²) in [5.74, 6) is -0.865. The van der Waals surface area contributed by atoms with E-state index >= 15 is 0 Å². The summed E-state index contributed by atoms with van der Waals surface area (Å²) in [4.78, 5) is 38.5. The highest BCUT2D eigenvalue weighted by molar-refractivity contribution is 5.71. The number of unbranched alkanes of at least 4 members (excludes halogenated alkanes) is 43. The lowest BCUT2D eigenvalue weighted by atomic mass is 10.0. The molecule has 0 spiro atoms. The standard InChI is InChI=1S/C73H132O6/c1-4-7-10-13-16-19-22-25-28-31-33-35-36-38-39-42-45-48-51-54-57-60-63-66-72(75)78-69-70(68-77-71(74)65-62-59-56-53-50-47-44-41-30-27-24-21-18-15-12-9-6-3)79-73(76)67-64-61-58-55-52-49-46-43-40-37-34-32-29-26-23-20-17-14-11-8-5-2/h22-23,25-27,30-34,70H,4-21,24,28-29,35-69H2,1-3H3/b25-22-,26-23-,30-27-,33-31-,34-32-. The number of carbonyl (C=O) groups excluding carboxylic acids is 3. The van der Waals surface area contributed by atoms with Gasteiger partial charge in [0.1, 0.15) is 13.2 Å². The van der Waals surface area contributed by atoms with E-state index in [9.17, 15) is 14.4 Å². The van der Waals surface area contributed by atoms with Crippen molar-refractivity contribution in [2.45, 2.75) is 374 Å². The van der Waals surface area contributed by atoms with Gasteiger partial charge in [0.25, 0.3) is 0 Å². The van der Waals surface area contributed by atoms with Crippen molar-refractivity contribution in [1.29, 1.82) is 0 Å². The average molecular weight is 1110 g/mol. The second kappa shape index (κ2) is 67.6. The van der Waals surface area contributed by atoms with Crippen molar-refractivity contribution in [1.82, 2.24) is 0 Å². The second-order valence-corrected chi connectivity index (χ2v) is 23.4. The van der Waals surface area contributed by atoms with Gasteiger partial charge in [0.05, 0.1) is 0 Å². The fourth-order valence-electron chi connectivity index (χ4n) is 10.2. The van der Waals surface area contributed by atoms with Crippen LogP contribution in [-0.4, -0.2) is 37.2 Å². The zero-order valence-electron chi connectivity index (χ0n) is 52.9. The highest BCUT2D eigenvalue weighted by Gasteiger charge is 2.19. The molecule has 0 aliphatic carbocycles. The smallest absolute Gasteiger partial charge is 0.306 e. The van der Waals surface area contributed by atoms with Crippen LogP contribution in [0.1, 0.15) is 367 Å². The van der Waals surface area contributed by atoms with Crippen LogP contribution >= 0.6 is 0 Å². The quantitative estimate of drug-likeness (QED) is 0.0261. The van der Waals surface area contributed by atoms with E-state index in [1.807, 2.05) is 0 Å². The molecule has 460 valence electrons. The molecule has 0 aromatic rings. The van der Waals surface area contributed by atoms with E-state index in [-0.39, 0.29) is 31.1 Å². The Hall–Kier alpha value is -2.89. The summed E-state index contributed by atoms with van der Waals surface area (Å²) < 4.78 is 17.0. The zero-order chi connectivity index (χ0) is 57.1. The number of allylic oxidation sites excluding steroid dienone is 10. The second-order valence-electron chi connectivity index (χ2n) is 23.4. The van der Waals surface area contributed by atoms with Crippen molar-refractivity contribution in [3.63, 3.8) is 0 Å². The molecule has 0 aliphatic heterocycles. The van der Waals surface area contributed by atoms with Crippen LogP contribution in [0.4, 0.5) is 0 Å². The number of hydrogen-bond acceptors (Lipinski definition) is 6. The summed E-state index contributed by atoms with van der Waals surface area (Å²) in [6.45, 7) is 6.66. The van der Waals surface area contributed by atoms with Crippen LogP contribution in [0.3, 0.4) is 0 Å². The summed E-state index contributed by atoms with van der Waals surface area (Å²) in [6, 6.07) is 0. The normalized spacial score (nSPS) is 12.4. The summed E-state index contributed by atoms with van der Waals surface area (Å²) >= 11 is 0. The molecule has 0 amide bonds. The van der Waals surface area contributed by atoms with Gasteiger partial charge >= 0.3 is 17.9 Å². The van der Waals surface area contributed by atoms with Crippen molar-refractivity contribution < 1.29 is 28.6 Å². The molecule has 0 aliphatic rings. The summed E-state index contributed by atoms with van der Waals surface area (Å²) in [6.07, 6.45) is 86.6. The van der Waals surface area contributed by atoms with E-state index < -0.39 is 6.10 Å². The molecule has 1 atom stereocenters. The number of esters is 3. The molecule has 0 aromatic carbocycles. The fraction of sp³-hybridized carbons (Fsp3) is 0.822. The van der Waals surface area contributed by atoms with E-state index in [1.54, 1.807) is 0 Å². The van der Waals surface area contributed by atoms with Crippen LogP contribution in [0.15, 0.2) is 60.8 Å². The number of carbonyl (C=O) groups is 3. The van der Waals surface area contributed by atoms with Crippen LogP contribution in [0.5, 0.6) is 0 Å². The van der Waals surface area contributed by atoms with E-state index in [2.05, 4.69) is 81.5 Å². The summed E-state index contributed by atoms with van der Waals surface area (Å²) in [5.41, 5.74) is 0. The molecule has 0 rings (SSSR count). The molecular formula is C73H132O6. The molecular weight excluding hydrogens is 973 g/mol. The molecule has 0 N–H and O–H groups in total. The predicted molar refractivity (Wildman–Crippen MR) is 344 cm³/mol. The monoisotopic (exact) mass is 1110 g/mol. The van der Waals surface area contributed by atoms with Gasteiger partial charge in [-0.2, -0.15) is 0 Å². The first-order valence-corrected chi connectivity index (χ1v) is 34.8.